The van der Waals surface area contributed by atoms with E-state index < -0.39 is 21.7 Å². The highest BCUT2D eigenvalue weighted by Gasteiger charge is 2.30. The fourth-order valence-electron chi connectivity index (χ4n) is 1.99. The van der Waals surface area contributed by atoms with Crippen molar-refractivity contribution in [2.75, 3.05) is 20.1 Å². The smallest absolute Gasteiger partial charge is 0.243 e. The van der Waals surface area contributed by atoms with E-state index in [-0.39, 0.29) is 10.9 Å². The first-order chi connectivity index (χ1) is 8.41. The summed E-state index contributed by atoms with van der Waals surface area (Å²) in [7, 11) is -2.43. The van der Waals surface area contributed by atoms with Crippen molar-refractivity contribution in [3.8, 4) is 0 Å². The second-order valence-corrected chi connectivity index (χ2v) is 6.27. The molecular weight excluding hydrogens is 262 g/mol. The van der Waals surface area contributed by atoms with Gasteiger partial charge in [0, 0.05) is 25.7 Å². The van der Waals surface area contributed by atoms with Crippen molar-refractivity contribution in [3.63, 3.8) is 0 Å². The summed E-state index contributed by atoms with van der Waals surface area (Å²) >= 11 is 0. The van der Waals surface area contributed by atoms with E-state index in [9.17, 15) is 17.2 Å². The van der Waals surface area contributed by atoms with Crippen molar-refractivity contribution in [3.05, 3.63) is 29.8 Å². The van der Waals surface area contributed by atoms with Crippen molar-refractivity contribution in [2.24, 2.45) is 0 Å². The van der Waals surface area contributed by atoms with E-state index in [1.807, 2.05) is 0 Å². The Morgan fingerprint density at radius 2 is 1.89 bits per heavy atom. The van der Waals surface area contributed by atoms with Crippen LogP contribution in [0, 0.1) is 11.6 Å². The fraction of sp³-hybridized carbons (Fsp3) is 0.455. The lowest BCUT2D eigenvalue weighted by molar-refractivity contribution is 0.387. The molecule has 7 heteroatoms. The van der Waals surface area contributed by atoms with E-state index in [2.05, 4.69) is 5.32 Å². The van der Waals surface area contributed by atoms with Crippen molar-refractivity contribution in [1.82, 2.24) is 9.62 Å². The third-order valence-corrected chi connectivity index (χ3v) is 4.95. The van der Waals surface area contributed by atoms with E-state index in [1.165, 1.54) is 11.4 Å². The quantitative estimate of drug-likeness (QED) is 0.894. The van der Waals surface area contributed by atoms with Gasteiger partial charge in [0.2, 0.25) is 10.0 Å². The summed E-state index contributed by atoms with van der Waals surface area (Å²) in [5.41, 5.74) is 0. The van der Waals surface area contributed by atoms with Crippen LogP contribution in [-0.4, -0.2) is 38.9 Å². The molecule has 1 N–H and O–H groups in total. The third-order valence-electron chi connectivity index (χ3n) is 3.06. The summed E-state index contributed by atoms with van der Waals surface area (Å²) in [6.45, 7) is 1.29. The highest BCUT2D eigenvalue weighted by atomic mass is 32.2. The van der Waals surface area contributed by atoms with Gasteiger partial charge in [-0.15, -0.1) is 0 Å². The van der Waals surface area contributed by atoms with E-state index in [0.29, 0.717) is 19.0 Å². The van der Waals surface area contributed by atoms with Gasteiger partial charge in [0.15, 0.2) is 0 Å². The highest BCUT2D eigenvalue weighted by Crippen LogP contribution is 2.21. The highest BCUT2D eigenvalue weighted by molar-refractivity contribution is 7.89. The molecular formula is C11H14F2N2O2S. The van der Waals surface area contributed by atoms with Gasteiger partial charge in [0.25, 0.3) is 0 Å². The molecule has 18 heavy (non-hydrogen) atoms. The molecule has 1 unspecified atom stereocenters. The summed E-state index contributed by atoms with van der Waals surface area (Å²) in [5.74, 6) is -1.79. The SMILES string of the molecule is CN(C1CCNC1)S(=O)(=O)c1cc(F)cc(F)c1. The van der Waals surface area contributed by atoms with Crippen LogP contribution in [0.3, 0.4) is 0 Å². The molecule has 0 amide bonds. The molecule has 1 aliphatic heterocycles. The number of sulfonamides is 1. The van der Waals surface area contributed by atoms with E-state index >= 15 is 0 Å². The largest absolute Gasteiger partial charge is 0.315 e. The normalized spacial score (nSPS) is 20.6. The molecule has 0 saturated carbocycles. The minimum Gasteiger partial charge on any atom is -0.315 e. The first-order valence-corrected chi connectivity index (χ1v) is 7.00. The van der Waals surface area contributed by atoms with Gasteiger partial charge in [0.05, 0.1) is 4.90 Å². The molecule has 0 spiro atoms. The Hall–Kier alpha value is -1.05. The predicted molar refractivity (Wildman–Crippen MR) is 62.6 cm³/mol. The van der Waals surface area contributed by atoms with Crippen LogP contribution in [0.4, 0.5) is 8.78 Å². The van der Waals surface area contributed by atoms with Crippen LogP contribution >= 0.6 is 0 Å². The van der Waals surface area contributed by atoms with Gasteiger partial charge in [-0.2, -0.15) is 4.31 Å². The maximum absolute atomic E-state index is 13.1. The number of rotatable bonds is 3. The van der Waals surface area contributed by atoms with Gasteiger partial charge in [0.1, 0.15) is 11.6 Å². The van der Waals surface area contributed by atoms with Crippen molar-refractivity contribution in [1.29, 1.82) is 0 Å². The Labute approximate surface area is 105 Å². The maximum atomic E-state index is 13.1. The van der Waals surface area contributed by atoms with E-state index in [4.69, 9.17) is 0 Å². The van der Waals surface area contributed by atoms with Gasteiger partial charge >= 0.3 is 0 Å². The lowest BCUT2D eigenvalue weighted by Gasteiger charge is -2.23. The second-order valence-electron chi connectivity index (χ2n) is 4.27. The molecule has 100 valence electrons. The van der Waals surface area contributed by atoms with Gasteiger partial charge in [-0.1, -0.05) is 0 Å². The first kappa shape index (κ1) is 13.4. The average Bonchev–Trinajstić information content (AvgIpc) is 2.79. The van der Waals surface area contributed by atoms with Crippen LogP contribution in [0.25, 0.3) is 0 Å². The van der Waals surface area contributed by atoms with E-state index in [1.54, 1.807) is 0 Å². The van der Waals surface area contributed by atoms with E-state index in [0.717, 1.165) is 18.7 Å². The third kappa shape index (κ3) is 2.52. The number of nitrogens with zero attached hydrogens (tertiary/aromatic N) is 1. The summed E-state index contributed by atoms with van der Waals surface area (Å²) in [6.07, 6.45) is 0.688. The molecule has 1 aromatic carbocycles. The summed E-state index contributed by atoms with van der Waals surface area (Å²) < 4.78 is 51.7. The van der Waals surface area contributed by atoms with Gasteiger partial charge in [-0.25, -0.2) is 17.2 Å². The van der Waals surface area contributed by atoms with Crippen LogP contribution in [0.1, 0.15) is 6.42 Å². The minimum absolute atomic E-state index is 0.179. The number of likely N-dealkylation sites (N-methyl/N-ethyl adjacent to an activating group) is 1. The molecule has 0 radical (unpaired) electrons. The molecule has 4 nitrogen and oxygen atoms in total. The molecule has 1 aromatic rings. The maximum Gasteiger partial charge on any atom is 0.243 e. The zero-order valence-corrected chi connectivity index (χ0v) is 10.7. The molecule has 0 aliphatic carbocycles. The molecule has 0 aromatic heterocycles. The Morgan fingerprint density at radius 3 is 2.39 bits per heavy atom. The molecule has 1 fully saturated rings. The molecule has 1 saturated heterocycles. The predicted octanol–water partition coefficient (Wildman–Crippen LogP) is 0.947. The Morgan fingerprint density at radius 1 is 1.28 bits per heavy atom. The van der Waals surface area contributed by atoms with Crippen LogP contribution in [0.5, 0.6) is 0 Å². The Bertz CT molecular complexity index is 522. The average molecular weight is 276 g/mol. The lowest BCUT2D eigenvalue weighted by atomic mass is 10.3. The lowest BCUT2D eigenvalue weighted by Crippen LogP contribution is -2.38. The molecule has 0 bridgehead atoms. The summed E-state index contributed by atoms with van der Waals surface area (Å²) in [4.78, 5) is -0.352. The number of nitrogens with one attached hydrogen (secondary N) is 1. The second kappa shape index (κ2) is 4.91. The van der Waals surface area contributed by atoms with Crippen LogP contribution in [-0.2, 0) is 10.0 Å². The van der Waals surface area contributed by atoms with Gasteiger partial charge in [-0.05, 0) is 25.1 Å². The van der Waals surface area contributed by atoms with Crippen LogP contribution in [0.2, 0.25) is 0 Å². The van der Waals surface area contributed by atoms with Crippen molar-refractivity contribution >= 4 is 10.0 Å². The zero-order valence-electron chi connectivity index (χ0n) is 9.86. The molecule has 2 rings (SSSR count). The molecule has 1 aliphatic rings. The van der Waals surface area contributed by atoms with Crippen molar-refractivity contribution < 1.29 is 17.2 Å². The summed E-state index contributed by atoms with van der Waals surface area (Å²) in [6, 6.07) is 2.13. The zero-order chi connectivity index (χ0) is 13.3. The number of halogens is 2. The van der Waals surface area contributed by atoms with Gasteiger partial charge < -0.3 is 5.32 Å². The Kier molecular flexibility index (Phi) is 3.65. The standard InChI is InChI=1S/C11H14F2N2O2S/c1-15(10-2-3-14-7-10)18(16,17)11-5-8(12)4-9(13)6-11/h4-6,10,14H,2-3,7H2,1H3. The first-order valence-electron chi connectivity index (χ1n) is 5.56. The van der Waals surface area contributed by atoms with Crippen molar-refractivity contribution in [2.45, 2.75) is 17.4 Å². The molecule has 1 heterocycles. The fourth-order valence-corrected chi connectivity index (χ4v) is 3.42. The molecule has 1 atom stereocenters. The monoisotopic (exact) mass is 276 g/mol. The summed E-state index contributed by atoms with van der Waals surface area (Å²) in [5, 5.41) is 3.05. The number of benzene rings is 1. The number of hydrogen-bond acceptors (Lipinski definition) is 3. The van der Waals surface area contributed by atoms with Crippen LogP contribution in [0.15, 0.2) is 23.1 Å². The van der Waals surface area contributed by atoms with Gasteiger partial charge in [-0.3, -0.25) is 0 Å². The number of hydrogen-bond donors (Lipinski definition) is 1. The van der Waals surface area contributed by atoms with Crippen LogP contribution < -0.4 is 5.32 Å². The topological polar surface area (TPSA) is 49.4 Å². The minimum atomic E-state index is -3.85. The Balaban J connectivity index is 2.34.